The third kappa shape index (κ3) is 4.92. The Bertz CT molecular complexity index is 544. The third-order valence-corrected chi connectivity index (χ3v) is 4.59. The molecule has 0 spiro atoms. The molecular weight excluding hydrogens is 282 g/mol. The molecule has 1 aromatic rings. The van der Waals surface area contributed by atoms with E-state index in [9.17, 15) is 5.11 Å². The second-order valence-electron chi connectivity index (χ2n) is 6.40. The fraction of sp³-hybridized carbons (Fsp3) is 0.429. The second kappa shape index (κ2) is 8.85. The summed E-state index contributed by atoms with van der Waals surface area (Å²) in [5.74, 6) is 0.630. The van der Waals surface area contributed by atoms with Crippen LogP contribution in [0.4, 0.5) is 0 Å². The van der Waals surface area contributed by atoms with Crippen LogP contribution in [0.15, 0.2) is 66.8 Å². The first-order valence-electron chi connectivity index (χ1n) is 8.59. The molecule has 1 heterocycles. The number of aliphatic hydroxyl groups is 1. The van der Waals surface area contributed by atoms with Crippen LogP contribution in [0.2, 0.25) is 0 Å². The van der Waals surface area contributed by atoms with E-state index >= 15 is 0 Å². The maximum absolute atomic E-state index is 10.2. The summed E-state index contributed by atoms with van der Waals surface area (Å²) in [6.45, 7) is 10.8. The zero-order valence-electron chi connectivity index (χ0n) is 14.4. The van der Waals surface area contributed by atoms with E-state index in [0.29, 0.717) is 5.92 Å². The van der Waals surface area contributed by atoms with Crippen LogP contribution in [0.1, 0.15) is 25.8 Å². The molecule has 3 unspecified atom stereocenters. The smallest absolute Gasteiger partial charge is 0.0558 e. The fourth-order valence-electron chi connectivity index (χ4n) is 3.42. The van der Waals surface area contributed by atoms with Gasteiger partial charge in [0.1, 0.15) is 0 Å². The van der Waals surface area contributed by atoms with Gasteiger partial charge in [0.25, 0.3) is 0 Å². The van der Waals surface area contributed by atoms with Crippen molar-refractivity contribution in [2.24, 2.45) is 11.8 Å². The summed E-state index contributed by atoms with van der Waals surface area (Å²) >= 11 is 0. The maximum Gasteiger partial charge on any atom is 0.0558 e. The van der Waals surface area contributed by atoms with E-state index in [2.05, 4.69) is 67.0 Å². The topological polar surface area (TPSA) is 23.5 Å². The highest BCUT2D eigenvalue weighted by atomic mass is 16.3. The third-order valence-electron chi connectivity index (χ3n) is 4.59. The largest absolute Gasteiger partial charge is 0.393 e. The van der Waals surface area contributed by atoms with E-state index in [-0.39, 0.29) is 12.0 Å². The first-order chi connectivity index (χ1) is 11.2. The molecule has 1 saturated heterocycles. The van der Waals surface area contributed by atoms with Gasteiger partial charge in [0.15, 0.2) is 0 Å². The van der Waals surface area contributed by atoms with Gasteiger partial charge in [-0.1, -0.05) is 68.1 Å². The fourth-order valence-corrected chi connectivity index (χ4v) is 3.42. The molecule has 0 amide bonds. The zero-order chi connectivity index (χ0) is 16.7. The average Bonchev–Trinajstić information content (AvgIpc) is 2.96. The van der Waals surface area contributed by atoms with E-state index in [1.165, 1.54) is 11.1 Å². The van der Waals surface area contributed by atoms with Gasteiger partial charge in [-0.25, -0.2) is 0 Å². The maximum atomic E-state index is 10.2. The van der Waals surface area contributed by atoms with Crippen LogP contribution >= 0.6 is 0 Å². The number of benzene rings is 1. The predicted molar refractivity (Wildman–Crippen MR) is 98.1 cm³/mol. The van der Waals surface area contributed by atoms with E-state index in [1.807, 2.05) is 13.0 Å². The Morgan fingerprint density at radius 1 is 1.35 bits per heavy atom. The Morgan fingerprint density at radius 2 is 2.09 bits per heavy atom. The van der Waals surface area contributed by atoms with E-state index in [4.69, 9.17) is 0 Å². The Kier molecular flexibility index (Phi) is 6.82. The van der Waals surface area contributed by atoms with E-state index in [0.717, 1.165) is 26.1 Å². The highest BCUT2D eigenvalue weighted by Crippen LogP contribution is 2.33. The summed E-state index contributed by atoms with van der Waals surface area (Å²) < 4.78 is 0. The van der Waals surface area contributed by atoms with Crippen LogP contribution in [0.5, 0.6) is 0 Å². The van der Waals surface area contributed by atoms with Gasteiger partial charge in [-0.3, -0.25) is 4.90 Å². The number of hydrogen-bond donors (Lipinski definition) is 1. The van der Waals surface area contributed by atoms with Crippen molar-refractivity contribution >= 4 is 0 Å². The molecule has 0 aliphatic carbocycles. The van der Waals surface area contributed by atoms with Crippen LogP contribution < -0.4 is 0 Å². The predicted octanol–water partition coefficient (Wildman–Crippen LogP) is 4.19. The molecule has 0 saturated carbocycles. The lowest BCUT2D eigenvalue weighted by Crippen LogP contribution is -2.26. The first kappa shape index (κ1) is 17.7. The number of likely N-dealkylation sites (tertiary alicyclic amines) is 1. The van der Waals surface area contributed by atoms with E-state index < -0.39 is 0 Å². The zero-order valence-corrected chi connectivity index (χ0v) is 14.4. The lowest BCUT2D eigenvalue weighted by molar-refractivity contribution is 0.114. The molecule has 1 aliphatic heterocycles. The minimum Gasteiger partial charge on any atom is -0.393 e. The SMILES string of the molecule is C=C/C=C(\C=C/CC)C1CN(Cc2ccccc2)CC1C(C)O. The number of hydrogen-bond acceptors (Lipinski definition) is 2. The molecule has 3 atom stereocenters. The van der Waals surface area contributed by atoms with E-state index in [1.54, 1.807) is 0 Å². The van der Waals surface area contributed by atoms with Crippen LogP contribution in [0, 0.1) is 11.8 Å². The van der Waals surface area contributed by atoms with Crippen LogP contribution in [0.3, 0.4) is 0 Å². The Labute approximate surface area is 140 Å². The van der Waals surface area contributed by atoms with Gasteiger partial charge in [0.2, 0.25) is 0 Å². The minimum atomic E-state index is -0.302. The van der Waals surface area contributed by atoms with Gasteiger partial charge in [0.05, 0.1) is 6.10 Å². The summed E-state index contributed by atoms with van der Waals surface area (Å²) in [5.41, 5.74) is 2.61. The molecule has 1 N–H and O–H groups in total. The van der Waals surface area contributed by atoms with Crippen LogP contribution in [-0.4, -0.2) is 29.2 Å². The van der Waals surface area contributed by atoms with Gasteiger partial charge in [-0.2, -0.15) is 0 Å². The number of allylic oxidation sites excluding steroid dienone is 4. The molecule has 0 radical (unpaired) electrons. The quantitative estimate of drug-likeness (QED) is 0.763. The summed E-state index contributed by atoms with van der Waals surface area (Å²) in [6, 6.07) is 10.6. The van der Waals surface area contributed by atoms with Gasteiger partial charge in [0, 0.05) is 31.5 Å². The molecule has 23 heavy (non-hydrogen) atoms. The Balaban J connectivity index is 2.15. The second-order valence-corrected chi connectivity index (χ2v) is 6.40. The Hall–Kier alpha value is -1.64. The van der Waals surface area contributed by atoms with Crippen molar-refractivity contribution in [1.82, 2.24) is 4.90 Å². The first-order valence-corrected chi connectivity index (χ1v) is 8.59. The minimum absolute atomic E-state index is 0.270. The molecule has 1 aliphatic rings. The summed E-state index contributed by atoms with van der Waals surface area (Å²) in [7, 11) is 0. The standard InChI is InChI=1S/C21H29NO/c1-4-6-13-19(10-5-2)21-16-22(15-20(21)17(3)23)14-18-11-8-7-9-12-18/h5-13,17,20-21,23H,2,4,14-16H2,1,3H3/b13-6-,19-10+. The molecule has 1 fully saturated rings. The van der Waals surface area contributed by atoms with Gasteiger partial charge >= 0.3 is 0 Å². The van der Waals surface area contributed by atoms with Crippen molar-refractivity contribution < 1.29 is 5.11 Å². The number of aliphatic hydroxyl groups excluding tert-OH is 1. The van der Waals surface area contributed by atoms with Gasteiger partial charge in [-0.05, 0) is 24.5 Å². The molecular formula is C21H29NO. The molecule has 1 aromatic carbocycles. The molecule has 2 rings (SSSR count). The monoisotopic (exact) mass is 311 g/mol. The highest BCUT2D eigenvalue weighted by Gasteiger charge is 2.36. The average molecular weight is 311 g/mol. The van der Waals surface area contributed by atoms with Crippen molar-refractivity contribution in [3.8, 4) is 0 Å². The molecule has 2 nitrogen and oxygen atoms in total. The summed E-state index contributed by atoms with van der Waals surface area (Å²) in [5, 5.41) is 10.2. The molecule has 0 aromatic heterocycles. The lowest BCUT2D eigenvalue weighted by atomic mass is 9.85. The molecule has 2 heteroatoms. The molecule has 124 valence electrons. The number of nitrogens with zero attached hydrogens (tertiary/aromatic N) is 1. The summed E-state index contributed by atoms with van der Waals surface area (Å²) in [4.78, 5) is 2.45. The van der Waals surface area contributed by atoms with Crippen molar-refractivity contribution in [3.05, 3.63) is 72.4 Å². The molecule has 0 bridgehead atoms. The van der Waals surface area contributed by atoms with Crippen molar-refractivity contribution in [3.63, 3.8) is 0 Å². The van der Waals surface area contributed by atoms with Crippen LogP contribution in [-0.2, 0) is 6.54 Å². The van der Waals surface area contributed by atoms with Crippen molar-refractivity contribution in [1.29, 1.82) is 0 Å². The summed E-state index contributed by atoms with van der Waals surface area (Å²) in [6.07, 6.45) is 9.06. The van der Waals surface area contributed by atoms with Gasteiger partial charge in [-0.15, -0.1) is 0 Å². The Morgan fingerprint density at radius 3 is 2.70 bits per heavy atom. The highest BCUT2D eigenvalue weighted by molar-refractivity contribution is 5.28. The van der Waals surface area contributed by atoms with Crippen molar-refractivity contribution in [2.75, 3.05) is 13.1 Å². The van der Waals surface area contributed by atoms with Crippen LogP contribution in [0.25, 0.3) is 0 Å². The van der Waals surface area contributed by atoms with Gasteiger partial charge < -0.3 is 5.11 Å². The number of rotatable bonds is 7. The normalized spacial score (nSPS) is 24.2. The lowest BCUT2D eigenvalue weighted by Gasteiger charge is -2.22. The van der Waals surface area contributed by atoms with Crippen molar-refractivity contribution in [2.45, 2.75) is 32.9 Å².